The van der Waals surface area contributed by atoms with Crippen molar-refractivity contribution < 1.29 is 0 Å². The molecule has 0 amide bonds. The highest BCUT2D eigenvalue weighted by atomic mass is 127. The summed E-state index contributed by atoms with van der Waals surface area (Å²) in [5.41, 5.74) is 1.02. The summed E-state index contributed by atoms with van der Waals surface area (Å²) in [7, 11) is 1.85. The van der Waals surface area contributed by atoms with Crippen molar-refractivity contribution in [2.75, 3.05) is 12.4 Å². The lowest BCUT2D eigenvalue weighted by atomic mass is 10.3. The van der Waals surface area contributed by atoms with Crippen molar-refractivity contribution in [3.05, 3.63) is 19.8 Å². The molecule has 0 bridgehead atoms. The summed E-state index contributed by atoms with van der Waals surface area (Å²) in [5.74, 6) is 1.46. The van der Waals surface area contributed by atoms with E-state index >= 15 is 0 Å². The van der Waals surface area contributed by atoms with Crippen molar-refractivity contribution in [2.45, 2.75) is 13.3 Å². The van der Waals surface area contributed by atoms with Gasteiger partial charge < -0.3 is 5.32 Å². The monoisotopic (exact) mass is 380 g/mol. The number of halogens is 2. The maximum absolute atomic E-state index is 5.87. The predicted molar refractivity (Wildman–Crippen MR) is 79.8 cm³/mol. The summed E-state index contributed by atoms with van der Waals surface area (Å²) in [5, 5.41) is 3.82. The number of nitrogens with one attached hydrogen (secondary N) is 1. The van der Waals surface area contributed by atoms with E-state index in [1.807, 2.05) is 7.05 Å². The highest BCUT2D eigenvalue weighted by Gasteiger charge is 2.13. The number of nitrogens with zero attached hydrogens (tertiary/aromatic N) is 3. The van der Waals surface area contributed by atoms with Crippen LogP contribution in [0.2, 0.25) is 4.34 Å². The van der Waals surface area contributed by atoms with Gasteiger partial charge in [0.15, 0.2) is 10.8 Å². The van der Waals surface area contributed by atoms with Crippen molar-refractivity contribution in [3.63, 3.8) is 0 Å². The van der Waals surface area contributed by atoms with Gasteiger partial charge in [0.25, 0.3) is 0 Å². The SMILES string of the molecule is CCc1nc(-c2ncc(Cl)s2)nc(NC)c1I. The number of hydrogen-bond donors (Lipinski definition) is 1. The molecule has 4 nitrogen and oxygen atoms in total. The Balaban J connectivity index is 2.55. The molecular weight excluding hydrogens is 371 g/mol. The Morgan fingerprint density at radius 1 is 1.47 bits per heavy atom. The van der Waals surface area contributed by atoms with Crippen molar-refractivity contribution in [3.8, 4) is 10.8 Å². The third-order valence-corrected chi connectivity index (χ3v) is 4.40. The van der Waals surface area contributed by atoms with Gasteiger partial charge in [0.1, 0.15) is 10.2 Å². The molecule has 0 spiro atoms. The molecule has 0 aliphatic heterocycles. The van der Waals surface area contributed by atoms with Gasteiger partial charge in [0.05, 0.1) is 15.5 Å². The maximum Gasteiger partial charge on any atom is 0.191 e. The van der Waals surface area contributed by atoms with E-state index < -0.39 is 0 Å². The van der Waals surface area contributed by atoms with Gasteiger partial charge in [-0.25, -0.2) is 15.0 Å². The molecule has 0 aliphatic rings. The van der Waals surface area contributed by atoms with Gasteiger partial charge >= 0.3 is 0 Å². The van der Waals surface area contributed by atoms with Crippen LogP contribution in [0.3, 0.4) is 0 Å². The third-order valence-electron chi connectivity index (χ3n) is 2.16. The lowest BCUT2D eigenvalue weighted by molar-refractivity contribution is 0.988. The Morgan fingerprint density at radius 2 is 2.24 bits per heavy atom. The first kappa shape index (κ1) is 13.0. The minimum absolute atomic E-state index is 0.628. The molecule has 0 atom stereocenters. The largest absolute Gasteiger partial charge is 0.372 e. The molecule has 0 saturated heterocycles. The summed E-state index contributed by atoms with van der Waals surface area (Å²) in [6, 6.07) is 0. The van der Waals surface area contributed by atoms with Gasteiger partial charge in [-0.3, -0.25) is 0 Å². The average molecular weight is 381 g/mol. The topological polar surface area (TPSA) is 50.7 Å². The van der Waals surface area contributed by atoms with Crippen molar-refractivity contribution >= 4 is 51.3 Å². The Morgan fingerprint density at radius 3 is 2.76 bits per heavy atom. The molecule has 0 aromatic carbocycles. The molecule has 0 fully saturated rings. The molecule has 2 rings (SSSR count). The first-order valence-electron chi connectivity index (χ1n) is 5.01. The van der Waals surface area contributed by atoms with Crippen molar-refractivity contribution in [2.24, 2.45) is 0 Å². The van der Waals surface area contributed by atoms with Gasteiger partial charge in [0, 0.05) is 7.05 Å². The fraction of sp³-hybridized carbons (Fsp3) is 0.300. The molecule has 2 heterocycles. The van der Waals surface area contributed by atoms with Crippen LogP contribution in [-0.2, 0) is 6.42 Å². The molecular formula is C10H10ClIN4S. The van der Waals surface area contributed by atoms with Crippen LogP contribution in [0.15, 0.2) is 6.20 Å². The van der Waals surface area contributed by atoms with Crippen LogP contribution in [0.4, 0.5) is 5.82 Å². The first-order chi connectivity index (χ1) is 8.15. The van der Waals surface area contributed by atoms with E-state index in [0.717, 1.165) is 26.5 Å². The fourth-order valence-corrected chi connectivity index (χ4v) is 3.09. The van der Waals surface area contributed by atoms with Crippen LogP contribution in [0.1, 0.15) is 12.6 Å². The maximum atomic E-state index is 5.87. The minimum Gasteiger partial charge on any atom is -0.372 e. The number of aryl methyl sites for hydroxylation is 1. The number of hydrogen-bond acceptors (Lipinski definition) is 5. The molecule has 17 heavy (non-hydrogen) atoms. The minimum atomic E-state index is 0.628. The lowest BCUT2D eigenvalue weighted by Crippen LogP contribution is -2.04. The number of anilines is 1. The zero-order chi connectivity index (χ0) is 12.4. The second kappa shape index (κ2) is 5.45. The standard InChI is InChI=1S/C10H10ClIN4S/c1-3-5-7(12)8(13-2)16-9(15-5)10-14-4-6(11)17-10/h4H,3H2,1-2H3,(H,13,15,16). The Labute approximate surface area is 122 Å². The summed E-state index contributed by atoms with van der Waals surface area (Å²) >= 11 is 9.51. The fourth-order valence-electron chi connectivity index (χ4n) is 1.35. The second-order valence-corrected chi connectivity index (χ2v) is 5.97. The Hall–Kier alpha value is -0.470. The Bertz CT molecular complexity index is 518. The lowest BCUT2D eigenvalue weighted by Gasteiger charge is -2.08. The van der Waals surface area contributed by atoms with E-state index in [2.05, 4.69) is 49.8 Å². The first-order valence-corrected chi connectivity index (χ1v) is 7.28. The Kier molecular flexibility index (Phi) is 4.16. The summed E-state index contributed by atoms with van der Waals surface area (Å²) in [4.78, 5) is 13.2. The summed E-state index contributed by atoms with van der Waals surface area (Å²) in [6.45, 7) is 2.07. The summed E-state index contributed by atoms with van der Waals surface area (Å²) in [6.07, 6.45) is 2.48. The van der Waals surface area contributed by atoms with Crippen LogP contribution < -0.4 is 5.32 Å². The smallest absolute Gasteiger partial charge is 0.191 e. The van der Waals surface area contributed by atoms with E-state index in [1.54, 1.807) is 6.20 Å². The molecule has 0 unspecified atom stereocenters. The van der Waals surface area contributed by atoms with Gasteiger partial charge in [0.2, 0.25) is 0 Å². The van der Waals surface area contributed by atoms with E-state index in [-0.39, 0.29) is 0 Å². The molecule has 0 radical (unpaired) electrons. The van der Waals surface area contributed by atoms with Crippen molar-refractivity contribution in [1.29, 1.82) is 0 Å². The van der Waals surface area contributed by atoms with E-state index in [1.165, 1.54) is 11.3 Å². The normalized spacial score (nSPS) is 10.6. The quantitative estimate of drug-likeness (QED) is 0.829. The zero-order valence-corrected chi connectivity index (χ0v) is 13.0. The summed E-state index contributed by atoms with van der Waals surface area (Å²) < 4.78 is 1.70. The van der Waals surface area contributed by atoms with Gasteiger partial charge in [-0.05, 0) is 29.0 Å². The van der Waals surface area contributed by atoms with Gasteiger partial charge in [-0.15, -0.1) is 0 Å². The molecule has 90 valence electrons. The van der Waals surface area contributed by atoms with E-state index in [4.69, 9.17) is 11.6 Å². The predicted octanol–water partition coefficient (Wildman–Crippen LogP) is 3.46. The van der Waals surface area contributed by atoms with Gasteiger partial charge in [-0.1, -0.05) is 29.9 Å². The van der Waals surface area contributed by atoms with Crippen LogP contribution in [0, 0.1) is 3.57 Å². The number of thiazole rings is 1. The molecule has 0 aliphatic carbocycles. The second-order valence-electron chi connectivity index (χ2n) is 3.23. The zero-order valence-electron chi connectivity index (χ0n) is 9.29. The van der Waals surface area contributed by atoms with E-state index in [9.17, 15) is 0 Å². The highest BCUT2D eigenvalue weighted by molar-refractivity contribution is 14.1. The van der Waals surface area contributed by atoms with Crippen LogP contribution in [-0.4, -0.2) is 22.0 Å². The van der Waals surface area contributed by atoms with Crippen LogP contribution in [0.25, 0.3) is 10.8 Å². The van der Waals surface area contributed by atoms with Crippen LogP contribution >= 0.6 is 45.5 Å². The average Bonchev–Trinajstić information content (AvgIpc) is 2.76. The molecule has 0 saturated carbocycles. The van der Waals surface area contributed by atoms with Crippen LogP contribution in [0.5, 0.6) is 0 Å². The molecule has 2 aromatic rings. The molecule has 1 N–H and O–H groups in total. The van der Waals surface area contributed by atoms with Crippen molar-refractivity contribution in [1.82, 2.24) is 15.0 Å². The molecule has 7 heteroatoms. The number of aromatic nitrogens is 3. The number of rotatable bonds is 3. The van der Waals surface area contributed by atoms with E-state index in [0.29, 0.717) is 10.2 Å². The van der Waals surface area contributed by atoms with Gasteiger partial charge in [-0.2, -0.15) is 0 Å². The third kappa shape index (κ3) is 2.69. The highest BCUT2D eigenvalue weighted by Crippen LogP contribution is 2.28. The molecule has 2 aromatic heterocycles.